The molecule has 1 atom stereocenters. The van der Waals surface area contributed by atoms with Gasteiger partial charge in [-0.3, -0.25) is 0 Å². The van der Waals surface area contributed by atoms with E-state index in [0.717, 1.165) is 5.69 Å². The molecule has 0 saturated carbocycles. The van der Waals surface area contributed by atoms with E-state index in [1.807, 2.05) is 30.3 Å². The number of para-hydroxylation sites is 1. The highest BCUT2D eigenvalue weighted by Crippen LogP contribution is 2.08. The van der Waals surface area contributed by atoms with Gasteiger partial charge in [-0.05, 0) is 12.1 Å². The fourth-order valence-electron chi connectivity index (χ4n) is 1.01. The van der Waals surface area contributed by atoms with E-state index in [2.05, 4.69) is 0 Å². The van der Waals surface area contributed by atoms with Crippen molar-refractivity contribution in [1.82, 2.24) is 0 Å². The van der Waals surface area contributed by atoms with Crippen LogP contribution in [0.25, 0.3) is 0 Å². The monoisotopic (exact) mass is 182 g/mol. The number of rotatable bonds is 4. The van der Waals surface area contributed by atoms with Crippen LogP contribution in [0.5, 0.6) is 0 Å². The predicted molar refractivity (Wildman–Crippen MR) is 51.1 cm³/mol. The molecule has 0 bridgehead atoms. The number of hydrogen-bond donors (Lipinski definition) is 3. The summed E-state index contributed by atoms with van der Waals surface area (Å²) in [5.74, 6) is 5.63. The number of hydrazine groups is 1. The standard InChI is InChI=1S/C9H14N2O2/c10-11(6-9(13)7-12)8-4-2-1-3-5-8/h1-5,9,12-13H,6-7,10H2. The first kappa shape index (κ1) is 9.98. The highest BCUT2D eigenvalue weighted by Gasteiger charge is 2.07. The molecule has 1 aromatic carbocycles. The lowest BCUT2D eigenvalue weighted by atomic mass is 10.3. The first-order valence-corrected chi connectivity index (χ1v) is 4.10. The van der Waals surface area contributed by atoms with E-state index in [1.165, 1.54) is 5.01 Å². The topological polar surface area (TPSA) is 69.7 Å². The van der Waals surface area contributed by atoms with Crippen LogP contribution in [-0.2, 0) is 0 Å². The molecule has 1 unspecified atom stereocenters. The molecule has 1 aromatic rings. The lowest BCUT2D eigenvalue weighted by Crippen LogP contribution is -2.39. The Hall–Kier alpha value is -1.10. The second kappa shape index (κ2) is 4.81. The van der Waals surface area contributed by atoms with Crippen molar-refractivity contribution in [3.8, 4) is 0 Å². The molecule has 4 nitrogen and oxygen atoms in total. The minimum Gasteiger partial charge on any atom is -0.394 e. The van der Waals surface area contributed by atoms with Gasteiger partial charge in [0.1, 0.15) is 0 Å². The molecule has 0 fully saturated rings. The van der Waals surface area contributed by atoms with Gasteiger partial charge in [0.2, 0.25) is 0 Å². The van der Waals surface area contributed by atoms with E-state index >= 15 is 0 Å². The highest BCUT2D eigenvalue weighted by molar-refractivity contribution is 5.44. The van der Waals surface area contributed by atoms with Crippen LogP contribution in [0.1, 0.15) is 0 Å². The third-order valence-corrected chi connectivity index (χ3v) is 1.71. The highest BCUT2D eigenvalue weighted by atomic mass is 16.3. The molecule has 0 aliphatic heterocycles. The van der Waals surface area contributed by atoms with Gasteiger partial charge >= 0.3 is 0 Å². The summed E-state index contributed by atoms with van der Waals surface area (Å²) in [6.45, 7) is -0.0545. The molecule has 4 N–H and O–H groups in total. The number of aliphatic hydroxyl groups excluding tert-OH is 2. The van der Waals surface area contributed by atoms with E-state index in [-0.39, 0.29) is 13.2 Å². The summed E-state index contributed by atoms with van der Waals surface area (Å²) in [6, 6.07) is 9.29. The van der Waals surface area contributed by atoms with Crippen molar-refractivity contribution in [3.05, 3.63) is 30.3 Å². The molecule has 1 rings (SSSR count). The Balaban J connectivity index is 2.53. The fraction of sp³-hybridized carbons (Fsp3) is 0.333. The van der Waals surface area contributed by atoms with Gasteiger partial charge in [-0.2, -0.15) is 0 Å². The van der Waals surface area contributed by atoms with Crippen LogP contribution in [0.2, 0.25) is 0 Å². The molecule has 0 spiro atoms. The maximum atomic E-state index is 9.12. The van der Waals surface area contributed by atoms with E-state index in [4.69, 9.17) is 16.1 Å². The molecule has 13 heavy (non-hydrogen) atoms. The van der Waals surface area contributed by atoms with Gasteiger partial charge in [0.25, 0.3) is 0 Å². The Morgan fingerprint density at radius 1 is 1.31 bits per heavy atom. The Kier molecular flexibility index (Phi) is 3.70. The first-order chi connectivity index (χ1) is 6.24. The van der Waals surface area contributed by atoms with Gasteiger partial charge in [-0.25, -0.2) is 5.84 Å². The molecule has 0 heterocycles. The van der Waals surface area contributed by atoms with Crippen molar-refractivity contribution in [3.63, 3.8) is 0 Å². The third-order valence-electron chi connectivity index (χ3n) is 1.71. The second-order valence-electron chi connectivity index (χ2n) is 2.82. The second-order valence-corrected chi connectivity index (χ2v) is 2.82. The van der Waals surface area contributed by atoms with Crippen molar-refractivity contribution in [1.29, 1.82) is 0 Å². The molecule has 0 amide bonds. The van der Waals surface area contributed by atoms with Gasteiger partial charge in [0, 0.05) is 0 Å². The summed E-state index contributed by atoms with van der Waals surface area (Å²) >= 11 is 0. The van der Waals surface area contributed by atoms with Crippen molar-refractivity contribution >= 4 is 5.69 Å². The van der Waals surface area contributed by atoms with Crippen LogP contribution >= 0.6 is 0 Å². The van der Waals surface area contributed by atoms with E-state index in [9.17, 15) is 0 Å². The summed E-state index contributed by atoms with van der Waals surface area (Å²) in [5, 5.41) is 19.1. The zero-order valence-corrected chi connectivity index (χ0v) is 7.30. The maximum Gasteiger partial charge on any atom is 0.0960 e. The minimum absolute atomic E-state index is 0.223. The summed E-state index contributed by atoms with van der Waals surface area (Å²) in [6.07, 6.45) is -0.801. The van der Waals surface area contributed by atoms with E-state index in [1.54, 1.807) is 0 Å². The van der Waals surface area contributed by atoms with Crippen molar-refractivity contribution in [2.24, 2.45) is 5.84 Å². The van der Waals surface area contributed by atoms with Crippen LogP contribution in [0, 0.1) is 0 Å². The van der Waals surface area contributed by atoms with Gasteiger partial charge in [-0.1, -0.05) is 18.2 Å². The predicted octanol–water partition coefficient (Wildman–Crippen LogP) is -0.280. The van der Waals surface area contributed by atoms with Crippen LogP contribution in [0.3, 0.4) is 0 Å². The number of nitrogens with two attached hydrogens (primary N) is 1. The Morgan fingerprint density at radius 2 is 1.92 bits per heavy atom. The summed E-state index contributed by atoms with van der Waals surface area (Å²) in [7, 11) is 0. The molecule has 0 aromatic heterocycles. The van der Waals surface area contributed by atoms with Crippen LogP contribution in [0.15, 0.2) is 30.3 Å². The lowest BCUT2D eigenvalue weighted by Gasteiger charge is -2.20. The molecule has 0 aliphatic carbocycles. The van der Waals surface area contributed by atoms with E-state index in [0.29, 0.717) is 0 Å². The van der Waals surface area contributed by atoms with Gasteiger partial charge in [0.15, 0.2) is 0 Å². The number of anilines is 1. The van der Waals surface area contributed by atoms with Crippen molar-refractivity contribution in [2.75, 3.05) is 18.2 Å². The number of hydrogen-bond acceptors (Lipinski definition) is 4. The number of benzene rings is 1. The molecular formula is C9H14N2O2. The van der Waals surface area contributed by atoms with Crippen LogP contribution in [0.4, 0.5) is 5.69 Å². The molecule has 0 saturated heterocycles. The van der Waals surface area contributed by atoms with E-state index < -0.39 is 6.10 Å². The van der Waals surface area contributed by atoms with Gasteiger partial charge in [-0.15, -0.1) is 0 Å². The van der Waals surface area contributed by atoms with Gasteiger partial charge in [0.05, 0.1) is 24.9 Å². The average molecular weight is 182 g/mol. The SMILES string of the molecule is NN(CC(O)CO)c1ccccc1. The Morgan fingerprint density at radius 3 is 2.46 bits per heavy atom. The Labute approximate surface area is 77.2 Å². The minimum atomic E-state index is -0.801. The zero-order chi connectivity index (χ0) is 9.68. The quantitative estimate of drug-likeness (QED) is 0.442. The van der Waals surface area contributed by atoms with Gasteiger partial charge < -0.3 is 15.2 Å². The smallest absolute Gasteiger partial charge is 0.0960 e. The zero-order valence-electron chi connectivity index (χ0n) is 7.30. The fourth-order valence-corrected chi connectivity index (χ4v) is 1.01. The van der Waals surface area contributed by atoms with Crippen molar-refractivity contribution < 1.29 is 10.2 Å². The Bertz CT molecular complexity index is 241. The summed E-state index contributed by atoms with van der Waals surface area (Å²) in [4.78, 5) is 0. The molecule has 0 radical (unpaired) electrons. The average Bonchev–Trinajstić information content (AvgIpc) is 2.19. The molecular weight excluding hydrogens is 168 g/mol. The largest absolute Gasteiger partial charge is 0.394 e. The third kappa shape index (κ3) is 3.02. The maximum absolute atomic E-state index is 9.12. The first-order valence-electron chi connectivity index (χ1n) is 4.10. The molecule has 0 aliphatic rings. The van der Waals surface area contributed by atoms with Crippen LogP contribution < -0.4 is 10.9 Å². The normalized spacial score (nSPS) is 12.5. The summed E-state index contributed by atoms with van der Waals surface area (Å²) < 4.78 is 0. The lowest BCUT2D eigenvalue weighted by molar-refractivity contribution is 0.0999. The number of aliphatic hydroxyl groups is 2. The number of nitrogens with zero attached hydrogens (tertiary/aromatic N) is 1. The molecule has 72 valence electrons. The van der Waals surface area contributed by atoms with Crippen molar-refractivity contribution in [2.45, 2.75) is 6.10 Å². The molecule has 4 heteroatoms. The summed E-state index contributed by atoms with van der Waals surface area (Å²) in [5.41, 5.74) is 0.815. The van der Waals surface area contributed by atoms with Crippen LogP contribution in [-0.4, -0.2) is 29.5 Å².